The van der Waals surface area contributed by atoms with Crippen LogP contribution in [0.5, 0.6) is 0 Å². The molecule has 2 fully saturated rings. The van der Waals surface area contributed by atoms with Crippen molar-refractivity contribution in [1.29, 1.82) is 0 Å². The number of nitrogens with one attached hydrogen (secondary N) is 1. The molecule has 152 valence electrons. The summed E-state index contributed by atoms with van der Waals surface area (Å²) < 4.78 is 0. The van der Waals surface area contributed by atoms with Gasteiger partial charge in [-0.3, -0.25) is 14.6 Å². The molecule has 1 aromatic carbocycles. The number of benzene rings is 1. The van der Waals surface area contributed by atoms with E-state index in [4.69, 9.17) is 0 Å². The Balaban J connectivity index is 1.34. The van der Waals surface area contributed by atoms with Crippen molar-refractivity contribution >= 4 is 23.3 Å². The number of hydrogen-bond acceptors (Lipinski definition) is 5. The second-order valence-electron chi connectivity index (χ2n) is 7.80. The number of nitrogens with zero attached hydrogens (tertiary/aromatic N) is 4. The highest BCUT2D eigenvalue weighted by atomic mass is 16.2. The Hall–Kier alpha value is -2.96. The Kier molecular flexibility index (Phi) is 5.74. The lowest BCUT2D eigenvalue weighted by Crippen LogP contribution is -2.41. The lowest BCUT2D eigenvalue weighted by Gasteiger charge is -2.32. The number of amides is 2. The molecule has 0 spiro atoms. The zero-order valence-corrected chi connectivity index (χ0v) is 16.8. The van der Waals surface area contributed by atoms with Gasteiger partial charge in [0, 0.05) is 50.1 Å². The molecule has 1 atom stereocenters. The standard InChI is InChI=1S/C22H27N5O2/c1-16(18-4-2-5-19(14-18)27-11-3-6-21(27)28)25-22(29)17-7-12-26(13-8-17)20-15-23-9-10-24-20/h2,4-5,9-10,14-17H,3,6-8,11-13H2,1H3,(H,25,29)/t16-/m1/s1. The van der Waals surface area contributed by atoms with Crippen molar-refractivity contribution in [2.75, 3.05) is 29.4 Å². The second-order valence-corrected chi connectivity index (χ2v) is 7.80. The molecule has 0 unspecified atom stereocenters. The van der Waals surface area contributed by atoms with Gasteiger partial charge in [-0.25, -0.2) is 4.98 Å². The molecular weight excluding hydrogens is 366 g/mol. The van der Waals surface area contributed by atoms with Crippen LogP contribution >= 0.6 is 0 Å². The van der Waals surface area contributed by atoms with Crippen molar-refractivity contribution in [3.63, 3.8) is 0 Å². The quantitative estimate of drug-likeness (QED) is 0.845. The molecule has 2 aromatic rings. The smallest absolute Gasteiger partial charge is 0.227 e. The molecule has 0 aliphatic carbocycles. The zero-order chi connectivity index (χ0) is 20.2. The van der Waals surface area contributed by atoms with E-state index in [1.54, 1.807) is 18.6 Å². The summed E-state index contributed by atoms with van der Waals surface area (Å²) in [6.45, 7) is 4.38. The van der Waals surface area contributed by atoms with E-state index in [1.165, 1.54) is 0 Å². The van der Waals surface area contributed by atoms with Crippen molar-refractivity contribution in [2.45, 2.75) is 38.6 Å². The van der Waals surface area contributed by atoms with E-state index in [9.17, 15) is 9.59 Å². The van der Waals surface area contributed by atoms with Gasteiger partial charge in [0.25, 0.3) is 0 Å². The highest BCUT2D eigenvalue weighted by Crippen LogP contribution is 2.26. The third-order valence-corrected chi connectivity index (χ3v) is 5.85. The lowest BCUT2D eigenvalue weighted by atomic mass is 9.95. The predicted molar refractivity (Wildman–Crippen MR) is 112 cm³/mol. The van der Waals surface area contributed by atoms with Crippen LogP contribution in [-0.4, -0.2) is 41.4 Å². The summed E-state index contributed by atoms with van der Waals surface area (Å²) in [5, 5.41) is 3.16. The molecule has 0 saturated carbocycles. The van der Waals surface area contributed by atoms with Crippen LogP contribution in [0, 0.1) is 5.92 Å². The Morgan fingerprint density at radius 2 is 2.03 bits per heavy atom. The first-order valence-electron chi connectivity index (χ1n) is 10.3. The molecule has 29 heavy (non-hydrogen) atoms. The molecular formula is C22H27N5O2. The van der Waals surface area contributed by atoms with Crippen LogP contribution in [0.25, 0.3) is 0 Å². The molecule has 2 saturated heterocycles. The summed E-state index contributed by atoms with van der Waals surface area (Å²) in [6, 6.07) is 7.84. The lowest BCUT2D eigenvalue weighted by molar-refractivity contribution is -0.126. The molecule has 0 radical (unpaired) electrons. The van der Waals surface area contributed by atoms with Crippen LogP contribution in [0.2, 0.25) is 0 Å². The second kappa shape index (κ2) is 8.59. The Bertz CT molecular complexity index is 865. The monoisotopic (exact) mass is 393 g/mol. The van der Waals surface area contributed by atoms with Gasteiger partial charge in [-0.2, -0.15) is 0 Å². The van der Waals surface area contributed by atoms with E-state index in [1.807, 2.05) is 36.1 Å². The molecule has 4 rings (SSSR count). The van der Waals surface area contributed by atoms with Crippen molar-refractivity contribution in [1.82, 2.24) is 15.3 Å². The van der Waals surface area contributed by atoms with Gasteiger partial charge in [0.1, 0.15) is 5.82 Å². The normalized spacial score (nSPS) is 18.7. The molecule has 2 aliphatic rings. The maximum Gasteiger partial charge on any atom is 0.227 e. The highest BCUT2D eigenvalue weighted by Gasteiger charge is 2.27. The van der Waals surface area contributed by atoms with Crippen LogP contribution in [-0.2, 0) is 9.59 Å². The highest BCUT2D eigenvalue weighted by molar-refractivity contribution is 5.95. The summed E-state index contributed by atoms with van der Waals surface area (Å²) in [5.41, 5.74) is 1.94. The van der Waals surface area contributed by atoms with Crippen LogP contribution < -0.4 is 15.1 Å². The average molecular weight is 393 g/mol. The number of aromatic nitrogens is 2. The number of piperidine rings is 1. The van der Waals surface area contributed by atoms with Gasteiger partial charge in [-0.1, -0.05) is 12.1 Å². The van der Waals surface area contributed by atoms with Crippen LogP contribution in [0.4, 0.5) is 11.5 Å². The minimum absolute atomic E-state index is 0.00807. The number of rotatable bonds is 5. The summed E-state index contributed by atoms with van der Waals surface area (Å²) >= 11 is 0. The molecule has 0 bridgehead atoms. The minimum atomic E-state index is -0.0989. The third-order valence-electron chi connectivity index (χ3n) is 5.85. The Labute approximate surface area is 171 Å². The van der Waals surface area contributed by atoms with Crippen LogP contribution in [0.15, 0.2) is 42.9 Å². The van der Waals surface area contributed by atoms with Gasteiger partial charge < -0.3 is 15.1 Å². The SMILES string of the molecule is C[C@@H](NC(=O)C1CCN(c2cnccn2)CC1)c1cccc(N2CCCC2=O)c1. The van der Waals surface area contributed by atoms with Gasteiger partial charge in [0.15, 0.2) is 0 Å². The van der Waals surface area contributed by atoms with Crippen molar-refractivity contribution in [2.24, 2.45) is 5.92 Å². The summed E-state index contributed by atoms with van der Waals surface area (Å²) in [7, 11) is 0. The van der Waals surface area contributed by atoms with E-state index < -0.39 is 0 Å². The van der Waals surface area contributed by atoms with Gasteiger partial charge in [0.2, 0.25) is 11.8 Å². The first kappa shape index (κ1) is 19.4. The van der Waals surface area contributed by atoms with E-state index in [0.717, 1.165) is 56.0 Å². The van der Waals surface area contributed by atoms with E-state index in [2.05, 4.69) is 20.2 Å². The predicted octanol–water partition coefficient (Wildman–Crippen LogP) is 2.70. The molecule has 2 aliphatic heterocycles. The van der Waals surface area contributed by atoms with Gasteiger partial charge in [-0.15, -0.1) is 0 Å². The van der Waals surface area contributed by atoms with Crippen molar-refractivity contribution < 1.29 is 9.59 Å². The van der Waals surface area contributed by atoms with Crippen LogP contribution in [0.1, 0.15) is 44.2 Å². The molecule has 1 N–H and O–H groups in total. The van der Waals surface area contributed by atoms with E-state index >= 15 is 0 Å². The molecule has 3 heterocycles. The van der Waals surface area contributed by atoms with Gasteiger partial charge in [0.05, 0.1) is 12.2 Å². The number of anilines is 2. The summed E-state index contributed by atoms with van der Waals surface area (Å²) in [6.07, 6.45) is 8.25. The first-order valence-corrected chi connectivity index (χ1v) is 10.3. The molecule has 7 nitrogen and oxygen atoms in total. The fraction of sp³-hybridized carbons (Fsp3) is 0.455. The van der Waals surface area contributed by atoms with Gasteiger partial charge >= 0.3 is 0 Å². The topological polar surface area (TPSA) is 78.4 Å². The fourth-order valence-corrected chi connectivity index (χ4v) is 4.12. The molecule has 7 heteroatoms. The molecule has 1 aromatic heterocycles. The number of hydrogen-bond donors (Lipinski definition) is 1. The molecule has 2 amide bonds. The maximum absolute atomic E-state index is 12.8. The maximum atomic E-state index is 12.8. The fourth-order valence-electron chi connectivity index (χ4n) is 4.12. The third kappa shape index (κ3) is 4.39. The summed E-state index contributed by atoms with van der Waals surface area (Å²) in [5.74, 6) is 1.15. The van der Waals surface area contributed by atoms with E-state index in [0.29, 0.717) is 6.42 Å². The van der Waals surface area contributed by atoms with E-state index in [-0.39, 0.29) is 23.8 Å². The van der Waals surface area contributed by atoms with Crippen molar-refractivity contribution in [3.8, 4) is 0 Å². The minimum Gasteiger partial charge on any atom is -0.355 e. The Morgan fingerprint density at radius 1 is 1.21 bits per heavy atom. The van der Waals surface area contributed by atoms with Crippen molar-refractivity contribution in [3.05, 3.63) is 48.4 Å². The van der Waals surface area contributed by atoms with Gasteiger partial charge in [-0.05, 0) is 43.9 Å². The van der Waals surface area contributed by atoms with Crippen LogP contribution in [0.3, 0.4) is 0 Å². The average Bonchev–Trinajstić information content (AvgIpc) is 3.20. The number of carbonyl (C=O) groups excluding carboxylic acids is 2. The Morgan fingerprint density at radius 3 is 2.72 bits per heavy atom. The zero-order valence-electron chi connectivity index (χ0n) is 16.8. The largest absolute Gasteiger partial charge is 0.355 e. The summed E-state index contributed by atoms with van der Waals surface area (Å²) in [4.78, 5) is 37.3. The number of carbonyl (C=O) groups is 2. The first-order chi connectivity index (χ1) is 14.1.